The van der Waals surface area contributed by atoms with Gasteiger partial charge in [-0.3, -0.25) is 4.79 Å². The second kappa shape index (κ2) is 4.88. The Morgan fingerprint density at radius 3 is 2.92 bits per heavy atom. The van der Waals surface area contributed by atoms with Crippen molar-refractivity contribution in [1.82, 2.24) is 10.6 Å². The molecule has 0 radical (unpaired) electrons. The quantitative estimate of drug-likeness (QED) is 0.586. The van der Waals surface area contributed by atoms with E-state index in [0.717, 1.165) is 13.1 Å². The largest absolute Gasteiger partial charge is 0.345 e. The number of rotatable bonds is 2. The van der Waals surface area contributed by atoms with E-state index in [1.165, 1.54) is 0 Å². The van der Waals surface area contributed by atoms with Crippen LogP contribution in [0.25, 0.3) is 0 Å². The number of nitrogens with one attached hydrogen (secondary N) is 2. The second-order valence-corrected chi connectivity index (χ2v) is 3.39. The van der Waals surface area contributed by atoms with Crippen LogP contribution in [0, 0.1) is 23.7 Å². The lowest BCUT2D eigenvalue weighted by molar-refractivity contribution is -0.125. The number of carbonyl (C=O) groups is 1. The van der Waals surface area contributed by atoms with E-state index in [2.05, 4.69) is 29.4 Å². The minimum Gasteiger partial charge on any atom is -0.345 e. The van der Waals surface area contributed by atoms with E-state index in [4.69, 9.17) is 0 Å². The Balaban J connectivity index is 2.33. The van der Waals surface area contributed by atoms with Crippen LogP contribution < -0.4 is 10.6 Å². The molecule has 0 aliphatic carbocycles. The van der Waals surface area contributed by atoms with Gasteiger partial charge < -0.3 is 10.6 Å². The molecule has 1 rings (SSSR count). The van der Waals surface area contributed by atoms with Crippen LogP contribution in [0.5, 0.6) is 0 Å². The molecule has 0 aromatic carbocycles. The van der Waals surface area contributed by atoms with Crippen LogP contribution in [0.2, 0.25) is 0 Å². The minimum absolute atomic E-state index is 0.124. The zero-order valence-electron chi connectivity index (χ0n) is 8.18. The van der Waals surface area contributed by atoms with Gasteiger partial charge in [0, 0.05) is 6.54 Å². The zero-order chi connectivity index (χ0) is 9.68. The minimum atomic E-state index is 0.124. The Hall–Kier alpha value is -1.01. The Bertz CT molecular complexity index is 239. The predicted octanol–water partition coefficient (Wildman–Crippen LogP) is -0.0186. The van der Waals surface area contributed by atoms with Gasteiger partial charge in [0.25, 0.3) is 0 Å². The monoisotopic (exact) mass is 180 g/mol. The number of amides is 1. The molecule has 1 amide bonds. The lowest BCUT2D eigenvalue weighted by atomic mass is 9.97. The summed E-state index contributed by atoms with van der Waals surface area (Å²) in [5.74, 6) is 6.25. The normalized spacial score (nSPS) is 26.3. The predicted molar refractivity (Wildman–Crippen MR) is 52.0 cm³/mol. The van der Waals surface area contributed by atoms with Gasteiger partial charge in [0.15, 0.2) is 0 Å². The van der Waals surface area contributed by atoms with Crippen LogP contribution in [-0.4, -0.2) is 25.5 Å². The van der Waals surface area contributed by atoms with E-state index in [0.29, 0.717) is 12.5 Å². The Morgan fingerprint density at radius 2 is 2.38 bits per heavy atom. The summed E-state index contributed by atoms with van der Waals surface area (Å²) in [7, 11) is 0. The lowest BCUT2D eigenvalue weighted by Crippen LogP contribution is -2.34. The van der Waals surface area contributed by atoms with Crippen molar-refractivity contribution in [3.8, 4) is 11.8 Å². The van der Waals surface area contributed by atoms with Crippen molar-refractivity contribution in [3.63, 3.8) is 0 Å². The first kappa shape index (κ1) is 10.1. The highest BCUT2D eigenvalue weighted by Crippen LogP contribution is 2.15. The number of hydrogen-bond donors (Lipinski definition) is 2. The molecule has 72 valence electrons. The van der Waals surface area contributed by atoms with Crippen LogP contribution in [0.3, 0.4) is 0 Å². The molecular weight excluding hydrogens is 164 g/mol. The van der Waals surface area contributed by atoms with Gasteiger partial charge in [-0.25, -0.2) is 0 Å². The molecule has 0 aromatic heterocycles. The highest BCUT2D eigenvalue weighted by molar-refractivity contribution is 5.79. The zero-order valence-corrected chi connectivity index (χ0v) is 8.18. The molecule has 0 spiro atoms. The standard InChI is InChI=1S/C10H16N2O/c1-3-4-5-12-10(13)9-7-11-6-8(9)2/h8-9,11H,5-7H2,1-2H3,(H,12,13). The van der Waals surface area contributed by atoms with Crippen LogP contribution in [0.4, 0.5) is 0 Å². The molecule has 0 saturated carbocycles. The van der Waals surface area contributed by atoms with Gasteiger partial charge in [-0.05, 0) is 19.4 Å². The summed E-state index contributed by atoms with van der Waals surface area (Å²) in [6.45, 7) is 6.07. The second-order valence-electron chi connectivity index (χ2n) is 3.39. The molecule has 1 fully saturated rings. The van der Waals surface area contributed by atoms with Gasteiger partial charge >= 0.3 is 0 Å². The summed E-state index contributed by atoms with van der Waals surface area (Å²) in [4.78, 5) is 11.5. The third kappa shape index (κ3) is 2.74. The van der Waals surface area contributed by atoms with Crippen molar-refractivity contribution in [2.24, 2.45) is 11.8 Å². The van der Waals surface area contributed by atoms with Gasteiger partial charge in [-0.2, -0.15) is 0 Å². The summed E-state index contributed by atoms with van der Waals surface area (Å²) in [6, 6.07) is 0. The molecule has 1 saturated heterocycles. The maximum absolute atomic E-state index is 11.5. The molecule has 2 atom stereocenters. The summed E-state index contributed by atoms with van der Waals surface area (Å²) >= 11 is 0. The third-order valence-electron chi connectivity index (χ3n) is 2.38. The molecule has 3 heteroatoms. The first-order valence-electron chi connectivity index (χ1n) is 4.63. The van der Waals surface area contributed by atoms with Gasteiger partial charge in [0.1, 0.15) is 0 Å². The Kier molecular flexibility index (Phi) is 3.78. The van der Waals surface area contributed by atoms with Gasteiger partial charge in [-0.15, -0.1) is 5.92 Å². The summed E-state index contributed by atoms with van der Waals surface area (Å²) in [5, 5.41) is 6.00. The topological polar surface area (TPSA) is 41.1 Å². The van der Waals surface area contributed by atoms with Crippen LogP contribution in [0.1, 0.15) is 13.8 Å². The molecule has 2 N–H and O–H groups in total. The SMILES string of the molecule is CC#CCNC(=O)C1CNCC1C. The molecule has 1 aliphatic rings. The van der Waals surface area contributed by atoms with Crippen LogP contribution in [0.15, 0.2) is 0 Å². The average molecular weight is 180 g/mol. The van der Waals surface area contributed by atoms with Crippen LogP contribution >= 0.6 is 0 Å². The lowest BCUT2D eigenvalue weighted by Gasteiger charge is -2.12. The maximum atomic E-state index is 11.5. The van der Waals surface area contributed by atoms with Crippen molar-refractivity contribution in [3.05, 3.63) is 0 Å². The van der Waals surface area contributed by atoms with E-state index < -0.39 is 0 Å². The first-order chi connectivity index (χ1) is 6.25. The van der Waals surface area contributed by atoms with E-state index in [1.54, 1.807) is 6.92 Å². The fourth-order valence-electron chi connectivity index (χ4n) is 1.51. The smallest absolute Gasteiger partial charge is 0.225 e. The number of carbonyl (C=O) groups excluding carboxylic acids is 1. The molecule has 3 nitrogen and oxygen atoms in total. The molecule has 13 heavy (non-hydrogen) atoms. The van der Waals surface area contributed by atoms with Gasteiger partial charge in [0.2, 0.25) is 5.91 Å². The molecule has 2 unspecified atom stereocenters. The molecule has 0 bridgehead atoms. The van der Waals surface area contributed by atoms with Crippen molar-refractivity contribution in [2.75, 3.05) is 19.6 Å². The highest BCUT2D eigenvalue weighted by Gasteiger charge is 2.28. The molecule has 1 aliphatic heterocycles. The molecular formula is C10H16N2O. The molecule has 0 aromatic rings. The fraction of sp³-hybridized carbons (Fsp3) is 0.700. The third-order valence-corrected chi connectivity index (χ3v) is 2.38. The van der Waals surface area contributed by atoms with Gasteiger partial charge in [0.05, 0.1) is 12.5 Å². The van der Waals surface area contributed by atoms with Crippen molar-refractivity contribution >= 4 is 5.91 Å². The van der Waals surface area contributed by atoms with Crippen molar-refractivity contribution < 1.29 is 4.79 Å². The number of hydrogen-bond acceptors (Lipinski definition) is 2. The Labute approximate surface area is 79.3 Å². The maximum Gasteiger partial charge on any atom is 0.225 e. The van der Waals surface area contributed by atoms with E-state index >= 15 is 0 Å². The molecule has 1 heterocycles. The van der Waals surface area contributed by atoms with Crippen molar-refractivity contribution in [1.29, 1.82) is 0 Å². The Morgan fingerprint density at radius 1 is 1.62 bits per heavy atom. The van der Waals surface area contributed by atoms with E-state index in [-0.39, 0.29) is 11.8 Å². The first-order valence-corrected chi connectivity index (χ1v) is 4.63. The summed E-state index contributed by atoms with van der Waals surface area (Å²) in [5.41, 5.74) is 0. The highest BCUT2D eigenvalue weighted by atomic mass is 16.1. The van der Waals surface area contributed by atoms with E-state index in [9.17, 15) is 4.79 Å². The summed E-state index contributed by atoms with van der Waals surface area (Å²) in [6.07, 6.45) is 0. The van der Waals surface area contributed by atoms with Crippen LogP contribution in [-0.2, 0) is 4.79 Å². The van der Waals surface area contributed by atoms with Crippen molar-refractivity contribution in [2.45, 2.75) is 13.8 Å². The van der Waals surface area contributed by atoms with E-state index in [1.807, 2.05) is 0 Å². The fourth-order valence-corrected chi connectivity index (χ4v) is 1.51. The average Bonchev–Trinajstić information content (AvgIpc) is 2.52. The van der Waals surface area contributed by atoms with Gasteiger partial charge in [-0.1, -0.05) is 12.8 Å². The summed E-state index contributed by atoms with van der Waals surface area (Å²) < 4.78 is 0.